The van der Waals surface area contributed by atoms with Gasteiger partial charge in [-0.15, -0.1) is 0 Å². The minimum atomic E-state index is -4.60. The van der Waals surface area contributed by atoms with E-state index in [2.05, 4.69) is 5.32 Å². The van der Waals surface area contributed by atoms with E-state index < -0.39 is 35.9 Å². The number of halogens is 3. The Bertz CT molecular complexity index is 956. The molecule has 1 aliphatic heterocycles. The van der Waals surface area contributed by atoms with Crippen molar-refractivity contribution in [3.8, 4) is 0 Å². The molecule has 1 N–H and O–H groups in total. The maximum atomic E-state index is 13.4. The lowest BCUT2D eigenvalue weighted by Gasteiger charge is -2.31. The molecule has 1 aliphatic rings. The zero-order valence-electron chi connectivity index (χ0n) is 19.6. The lowest BCUT2D eigenvalue weighted by Crippen LogP contribution is -2.34. The minimum absolute atomic E-state index is 0.0327. The van der Waals surface area contributed by atoms with Crippen LogP contribution in [0.15, 0.2) is 46.8 Å². The molecule has 34 heavy (non-hydrogen) atoms. The number of hydrogen-bond acceptors (Lipinski definition) is 8. The third-order valence-corrected chi connectivity index (χ3v) is 6.12. The number of allylic oxidation sites excluding steroid dienone is 1. The molecule has 0 aromatic heterocycles. The number of benzene rings is 1. The van der Waals surface area contributed by atoms with E-state index in [-0.39, 0.29) is 29.1 Å². The summed E-state index contributed by atoms with van der Waals surface area (Å²) in [5, 5.41) is 3.06. The Morgan fingerprint density at radius 3 is 2.35 bits per heavy atom. The molecule has 1 heterocycles. The fraction of sp³-hybridized carbons (Fsp3) is 0.478. The number of methoxy groups -OCH3 is 3. The molecule has 1 aromatic rings. The van der Waals surface area contributed by atoms with E-state index in [9.17, 15) is 22.8 Å². The minimum Gasteiger partial charge on any atom is -0.466 e. The topological polar surface area (TPSA) is 83.1 Å². The second-order valence-corrected chi connectivity index (χ2v) is 8.27. The Kier molecular flexibility index (Phi) is 10.0. The first-order valence-corrected chi connectivity index (χ1v) is 11.5. The van der Waals surface area contributed by atoms with E-state index in [0.717, 1.165) is 12.1 Å². The third kappa shape index (κ3) is 6.55. The lowest BCUT2D eigenvalue weighted by atomic mass is 9.80. The Morgan fingerprint density at radius 2 is 1.79 bits per heavy atom. The van der Waals surface area contributed by atoms with Gasteiger partial charge >= 0.3 is 18.1 Å². The van der Waals surface area contributed by atoms with Gasteiger partial charge < -0.3 is 24.3 Å². The predicted molar refractivity (Wildman–Crippen MR) is 121 cm³/mol. The zero-order valence-corrected chi connectivity index (χ0v) is 20.4. The van der Waals surface area contributed by atoms with Gasteiger partial charge in [-0.2, -0.15) is 24.9 Å². The van der Waals surface area contributed by atoms with Crippen LogP contribution in [0.2, 0.25) is 0 Å². The predicted octanol–water partition coefficient (Wildman–Crippen LogP) is 4.01. The molecule has 1 atom stereocenters. The zero-order chi connectivity index (χ0) is 25.5. The quantitative estimate of drug-likeness (QED) is 0.379. The number of hydrogen-bond donors (Lipinski definition) is 1. The highest BCUT2D eigenvalue weighted by molar-refractivity contribution is 7.99. The van der Waals surface area contributed by atoms with E-state index >= 15 is 0 Å². The summed E-state index contributed by atoms with van der Waals surface area (Å²) in [6.07, 6.45) is -5.09. The smallest absolute Gasteiger partial charge is 0.416 e. The Labute approximate surface area is 200 Å². The van der Waals surface area contributed by atoms with Crippen molar-refractivity contribution in [2.24, 2.45) is 0 Å². The molecule has 0 aliphatic carbocycles. The van der Waals surface area contributed by atoms with Gasteiger partial charge in [0.1, 0.15) is 0 Å². The average molecular weight is 504 g/mol. The summed E-state index contributed by atoms with van der Waals surface area (Å²) in [4.78, 5) is 25.8. The van der Waals surface area contributed by atoms with Crippen LogP contribution in [0.25, 0.3) is 0 Å². The highest BCUT2D eigenvalue weighted by atomic mass is 32.2. The molecular formula is C23H28F3NO6S. The van der Waals surface area contributed by atoms with Crippen LogP contribution >= 0.6 is 11.8 Å². The van der Waals surface area contributed by atoms with Gasteiger partial charge in [0, 0.05) is 37.1 Å². The first-order valence-electron chi connectivity index (χ1n) is 10.4. The summed E-state index contributed by atoms with van der Waals surface area (Å²) >= 11 is 1.38. The molecule has 1 aromatic carbocycles. The molecule has 0 bridgehead atoms. The van der Waals surface area contributed by atoms with Crippen LogP contribution in [0.5, 0.6) is 0 Å². The third-order valence-electron chi connectivity index (χ3n) is 5.12. The molecular weight excluding hydrogens is 475 g/mol. The van der Waals surface area contributed by atoms with Gasteiger partial charge in [0.15, 0.2) is 6.29 Å². The first kappa shape index (κ1) is 27.7. The van der Waals surface area contributed by atoms with Gasteiger partial charge in [-0.3, -0.25) is 0 Å². The molecule has 0 fully saturated rings. The Morgan fingerprint density at radius 1 is 1.12 bits per heavy atom. The number of nitrogens with one attached hydrogen (secondary N) is 1. The van der Waals surface area contributed by atoms with E-state index in [0.29, 0.717) is 17.1 Å². The van der Waals surface area contributed by atoms with Gasteiger partial charge in [-0.1, -0.05) is 18.2 Å². The maximum absolute atomic E-state index is 13.4. The van der Waals surface area contributed by atoms with Crippen molar-refractivity contribution < 1.29 is 41.7 Å². The monoisotopic (exact) mass is 503 g/mol. The van der Waals surface area contributed by atoms with Crippen LogP contribution in [-0.2, 0) is 34.7 Å². The number of carbonyl (C=O) groups excluding carboxylic acids is 2. The summed E-state index contributed by atoms with van der Waals surface area (Å²) in [7, 11) is 4.16. The molecule has 0 spiro atoms. The molecule has 0 radical (unpaired) electrons. The molecule has 2 rings (SSSR count). The van der Waals surface area contributed by atoms with Gasteiger partial charge in [0.05, 0.1) is 36.3 Å². The molecule has 7 nitrogen and oxygen atoms in total. The normalized spacial score (nSPS) is 16.6. The van der Waals surface area contributed by atoms with Gasteiger partial charge in [-0.25, -0.2) is 9.59 Å². The molecule has 0 amide bonds. The van der Waals surface area contributed by atoms with Crippen molar-refractivity contribution in [2.75, 3.05) is 39.4 Å². The number of thioether (sulfide) groups is 1. The first-order chi connectivity index (χ1) is 16.1. The van der Waals surface area contributed by atoms with E-state index in [1.54, 1.807) is 13.8 Å². The van der Waals surface area contributed by atoms with Crippen molar-refractivity contribution in [3.05, 3.63) is 57.9 Å². The second kappa shape index (κ2) is 12.3. The number of alkyl halides is 3. The van der Waals surface area contributed by atoms with Crippen molar-refractivity contribution in [1.29, 1.82) is 0 Å². The number of ether oxygens (including phenoxy) is 4. The van der Waals surface area contributed by atoms with Crippen molar-refractivity contribution in [3.63, 3.8) is 0 Å². The lowest BCUT2D eigenvalue weighted by molar-refractivity contribution is -0.139. The standard InChI is InChI=1S/C23H28F3NO6S/c1-6-33-22(29)20-16(11-34-12-17(30-3)31-4)27-13(2)18(21(28)32-5)19(20)14-8-7-9-15(10-14)23(24,25)26/h7-10,17,19,27H,6,11-12H2,1-5H3. The van der Waals surface area contributed by atoms with Crippen LogP contribution in [0.3, 0.4) is 0 Å². The Hall–Kier alpha value is -2.50. The average Bonchev–Trinajstić information content (AvgIpc) is 2.80. The van der Waals surface area contributed by atoms with Crippen LogP contribution in [0, 0.1) is 0 Å². The summed E-state index contributed by atoms with van der Waals surface area (Å²) in [6, 6.07) is 4.54. The van der Waals surface area contributed by atoms with Crippen LogP contribution in [0.1, 0.15) is 30.9 Å². The van der Waals surface area contributed by atoms with Gasteiger partial charge in [-0.05, 0) is 25.5 Å². The van der Waals surface area contributed by atoms with E-state index in [1.165, 1.54) is 45.2 Å². The van der Waals surface area contributed by atoms with Crippen molar-refractivity contribution in [1.82, 2.24) is 5.32 Å². The number of dihydropyridines is 1. The van der Waals surface area contributed by atoms with E-state index in [1.807, 2.05) is 0 Å². The maximum Gasteiger partial charge on any atom is 0.416 e. The van der Waals surface area contributed by atoms with Crippen LogP contribution < -0.4 is 5.32 Å². The highest BCUT2D eigenvalue weighted by Gasteiger charge is 2.40. The summed E-state index contributed by atoms with van der Waals surface area (Å²) < 4.78 is 60.8. The van der Waals surface area contributed by atoms with Gasteiger partial charge in [0.25, 0.3) is 0 Å². The second-order valence-electron chi connectivity index (χ2n) is 7.24. The summed E-state index contributed by atoms with van der Waals surface area (Å²) in [6.45, 7) is 3.27. The largest absolute Gasteiger partial charge is 0.466 e. The van der Waals surface area contributed by atoms with Gasteiger partial charge in [0.2, 0.25) is 0 Å². The highest BCUT2D eigenvalue weighted by Crippen LogP contribution is 2.41. The van der Waals surface area contributed by atoms with Crippen LogP contribution in [0.4, 0.5) is 13.2 Å². The molecule has 0 saturated heterocycles. The SMILES string of the molecule is CCOC(=O)C1=C(CSCC(OC)OC)NC(C)=C(C(=O)OC)C1c1cccc(C(F)(F)F)c1. The Balaban J connectivity index is 2.65. The molecule has 11 heteroatoms. The number of esters is 2. The van der Waals surface area contributed by atoms with Crippen molar-refractivity contribution >= 4 is 23.7 Å². The summed E-state index contributed by atoms with van der Waals surface area (Å²) in [5.41, 5.74) is 0.0899. The molecule has 188 valence electrons. The summed E-state index contributed by atoms with van der Waals surface area (Å²) in [5.74, 6) is -1.93. The molecule has 0 saturated carbocycles. The molecule has 1 unspecified atom stereocenters. The number of carbonyl (C=O) groups is 2. The van der Waals surface area contributed by atoms with E-state index in [4.69, 9.17) is 18.9 Å². The fourth-order valence-corrected chi connectivity index (χ4v) is 4.57. The van der Waals surface area contributed by atoms with Crippen molar-refractivity contribution in [2.45, 2.75) is 32.2 Å². The fourth-order valence-electron chi connectivity index (χ4n) is 3.56. The number of rotatable bonds is 10. The van der Waals surface area contributed by atoms with Crippen LogP contribution in [-0.4, -0.2) is 57.7 Å².